The fourth-order valence-electron chi connectivity index (χ4n) is 1.45. The third-order valence-corrected chi connectivity index (χ3v) is 2.55. The molecule has 0 aliphatic rings. The van der Waals surface area contributed by atoms with Gasteiger partial charge in [-0.15, -0.1) is 0 Å². The third kappa shape index (κ3) is 10.4. The molecule has 3 N–H and O–H groups in total. The Labute approximate surface area is 120 Å². The number of hydrogen-bond donors (Lipinski definition) is 3. The lowest BCUT2D eigenvalue weighted by Gasteiger charge is -2.05. The molecule has 0 aliphatic carbocycles. The number of aliphatic hydroxyl groups excluding tert-OH is 1. The van der Waals surface area contributed by atoms with Crippen molar-refractivity contribution < 1.29 is 14.6 Å². The van der Waals surface area contributed by atoms with Crippen LogP contribution in [0.2, 0.25) is 0 Å². The van der Waals surface area contributed by atoms with E-state index in [1.807, 2.05) is 13.0 Å². The lowest BCUT2D eigenvalue weighted by Crippen LogP contribution is -2.27. The molecule has 0 aromatic carbocycles. The zero-order valence-corrected chi connectivity index (χ0v) is 12.2. The molecule has 6 nitrogen and oxygen atoms in total. The first-order chi connectivity index (χ1) is 9.76. The molecule has 0 spiro atoms. The van der Waals surface area contributed by atoms with Gasteiger partial charge in [-0.3, -0.25) is 4.79 Å². The number of rotatable bonds is 12. The highest BCUT2D eigenvalue weighted by molar-refractivity contribution is 5.97. The van der Waals surface area contributed by atoms with Crippen molar-refractivity contribution in [2.45, 2.75) is 32.6 Å². The highest BCUT2D eigenvalue weighted by Gasteiger charge is 2.07. The van der Waals surface area contributed by atoms with Crippen LogP contribution in [0, 0.1) is 11.3 Å². The maximum Gasteiger partial charge on any atom is 0.263 e. The Morgan fingerprint density at radius 2 is 2.10 bits per heavy atom. The number of nitriles is 1. The third-order valence-electron chi connectivity index (χ3n) is 2.55. The molecule has 0 atom stereocenters. The van der Waals surface area contributed by atoms with Gasteiger partial charge in [0.1, 0.15) is 11.6 Å². The molecule has 0 radical (unpaired) electrons. The molecule has 20 heavy (non-hydrogen) atoms. The minimum absolute atomic E-state index is 0.0727. The molecule has 0 aromatic rings. The van der Waals surface area contributed by atoms with E-state index in [4.69, 9.17) is 15.1 Å². The summed E-state index contributed by atoms with van der Waals surface area (Å²) >= 11 is 0. The van der Waals surface area contributed by atoms with Gasteiger partial charge in [0.15, 0.2) is 0 Å². The molecule has 0 bridgehead atoms. The summed E-state index contributed by atoms with van der Waals surface area (Å²) in [6.45, 7) is 4.56. The first-order valence-corrected chi connectivity index (χ1v) is 7.06. The van der Waals surface area contributed by atoms with Gasteiger partial charge in [0.2, 0.25) is 0 Å². The summed E-state index contributed by atoms with van der Waals surface area (Å²) in [4.78, 5) is 11.7. The Bertz CT molecular complexity index is 324. The smallest absolute Gasteiger partial charge is 0.263 e. The van der Waals surface area contributed by atoms with Crippen LogP contribution in [0.25, 0.3) is 0 Å². The minimum Gasteiger partial charge on any atom is -0.396 e. The van der Waals surface area contributed by atoms with E-state index >= 15 is 0 Å². The van der Waals surface area contributed by atoms with Crippen molar-refractivity contribution >= 4 is 5.91 Å². The Morgan fingerprint density at radius 1 is 1.30 bits per heavy atom. The molecule has 0 heterocycles. The van der Waals surface area contributed by atoms with E-state index in [-0.39, 0.29) is 18.1 Å². The number of ether oxygens (including phenoxy) is 1. The predicted octanol–water partition coefficient (Wildman–Crippen LogP) is 0.689. The lowest BCUT2D eigenvalue weighted by molar-refractivity contribution is -0.117. The number of unbranched alkanes of at least 4 members (excludes halogenated alkanes) is 2. The number of carbonyl (C=O) groups is 1. The van der Waals surface area contributed by atoms with Crippen LogP contribution in [0.1, 0.15) is 32.6 Å². The van der Waals surface area contributed by atoms with Crippen molar-refractivity contribution in [1.29, 1.82) is 5.26 Å². The van der Waals surface area contributed by atoms with E-state index in [2.05, 4.69) is 10.6 Å². The number of nitrogens with zero attached hydrogens (tertiary/aromatic N) is 1. The molecule has 0 aromatic heterocycles. The van der Waals surface area contributed by atoms with Gasteiger partial charge in [0.25, 0.3) is 5.91 Å². The van der Waals surface area contributed by atoms with Crippen molar-refractivity contribution in [2.24, 2.45) is 0 Å². The number of aliphatic hydroxyl groups is 1. The Hall–Kier alpha value is -1.58. The van der Waals surface area contributed by atoms with E-state index in [9.17, 15) is 4.79 Å². The fraction of sp³-hybridized carbons (Fsp3) is 0.714. The summed E-state index contributed by atoms with van der Waals surface area (Å²) in [5.41, 5.74) is 0.0727. The van der Waals surface area contributed by atoms with Crippen LogP contribution in [0.3, 0.4) is 0 Å². The molecular formula is C14H25N3O3. The molecular weight excluding hydrogens is 258 g/mol. The fourth-order valence-corrected chi connectivity index (χ4v) is 1.45. The second-order valence-corrected chi connectivity index (χ2v) is 4.21. The van der Waals surface area contributed by atoms with E-state index in [1.54, 1.807) is 0 Å². The van der Waals surface area contributed by atoms with Crippen molar-refractivity contribution in [3.63, 3.8) is 0 Å². The van der Waals surface area contributed by atoms with Gasteiger partial charge in [0, 0.05) is 39.1 Å². The van der Waals surface area contributed by atoms with Crippen LogP contribution in [-0.2, 0) is 9.53 Å². The molecule has 0 saturated heterocycles. The molecule has 0 fully saturated rings. The van der Waals surface area contributed by atoms with Crippen LogP contribution in [0.15, 0.2) is 11.8 Å². The Morgan fingerprint density at radius 3 is 2.75 bits per heavy atom. The van der Waals surface area contributed by atoms with E-state index < -0.39 is 0 Å². The van der Waals surface area contributed by atoms with Crippen LogP contribution in [0.4, 0.5) is 0 Å². The van der Waals surface area contributed by atoms with Gasteiger partial charge in [-0.2, -0.15) is 5.26 Å². The van der Waals surface area contributed by atoms with Crippen LogP contribution in [0.5, 0.6) is 0 Å². The monoisotopic (exact) mass is 283 g/mol. The van der Waals surface area contributed by atoms with Gasteiger partial charge in [-0.1, -0.05) is 0 Å². The summed E-state index contributed by atoms with van der Waals surface area (Å²) in [6.07, 6.45) is 4.76. The van der Waals surface area contributed by atoms with Crippen molar-refractivity contribution in [3.8, 4) is 6.07 Å². The SMILES string of the molecule is CCOCCCNC(=O)/C(C#N)=C\NCCCCCO. The Kier molecular flexibility index (Phi) is 12.7. The molecule has 0 saturated carbocycles. The largest absolute Gasteiger partial charge is 0.396 e. The highest BCUT2D eigenvalue weighted by atomic mass is 16.5. The normalized spacial score (nSPS) is 10.9. The van der Waals surface area contributed by atoms with Crippen LogP contribution < -0.4 is 10.6 Å². The molecule has 114 valence electrons. The molecule has 0 aliphatic heterocycles. The van der Waals surface area contributed by atoms with E-state index in [0.29, 0.717) is 26.3 Å². The van der Waals surface area contributed by atoms with Gasteiger partial charge in [-0.25, -0.2) is 0 Å². The van der Waals surface area contributed by atoms with Crippen LogP contribution >= 0.6 is 0 Å². The molecule has 1 amide bonds. The number of nitrogens with one attached hydrogen (secondary N) is 2. The molecule has 0 unspecified atom stereocenters. The van der Waals surface area contributed by atoms with E-state index in [1.165, 1.54) is 6.20 Å². The highest BCUT2D eigenvalue weighted by Crippen LogP contribution is 1.94. The zero-order valence-electron chi connectivity index (χ0n) is 12.2. The first kappa shape index (κ1) is 18.4. The lowest BCUT2D eigenvalue weighted by atomic mass is 10.2. The van der Waals surface area contributed by atoms with Crippen LogP contribution in [-0.4, -0.2) is 43.9 Å². The predicted molar refractivity (Wildman–Crippen MR) is 76.8 cm³/mol. The van der Waals surface area contributed by atoms with Gasteiger partial charge < -0.3 is 20.5 Å². The van der Waals surface area contributed by atoms with Gasteiger partial charge in [0.05, 0.1) is 0 Å². The molecule has 0 rings (SSSR count). The number of hydrogen-bond acceptors (Lipinski definition) is 5. The average Bonchev–Trinajstić information content (AvgIpc) is 2.46. The van der Waals surface area contributed by atoms with E-state index in [0.717, 1.165) is 25.7 Å². The standard InChI is InChI=1S/C14H25N3O3/c1-2-20-10-6-8-17-14(19)13(11-15)12-16-7-4-3-5-9-18/h12,16,18H,2-10H2,1H3,(H,17,19)/b13-12-. The number of amides is 1. The quantitative estimate of drug-likeness (QED) is 0.278. The molecule has 6 heteroatoms. The summed E-state index contributed by atoms with van der Waals surface area (Å²) < 4.78 is 5.15. The second kappa shape index (κ2) is 13.8. The minimum atomic E-state index is -0.369. The van der Waals surface area contributed by atoms with Crippen molar-refractivity contribution in [1.82, 2.24) is 10.6 Å². The summed E-state index contributed by atoms with van der Waals surface area (Å²) in [6, 6.07) is 1.87. The maximum atomic E-state index is 11.7. The summed E-state index contributed by atoms with van der Waals surface area (Å²) in [7, 11) is 0. The Balaban J connectivity index is 3.81. The maximum absolute atomic E-state index is 11.7. The summed E-state index contributed by atoms with van der Waals surface area (Å²) in [5.74, 6) is -0.369. The second-order valence-electron chi connectivity index (χ2n) is 4.21. The zero-order chi connectivity index (χ0) is 15.1. The van der Waals surface area contributed by atoms with Crippen molar-refractivity contribution in [2.75, 3.05) is 32.9 Å². The van der Waals surface area contributed by atoms with Gasteiger partial charge in [-0.05, 0) is 32.6 Å². The summed E-state index contributed by atoms with van der Waals surface area (Å²) in [5, 5.41) is 23.1. The topological polar surface area (TPSA) is 94.4 Å². The average molecular weight is 283 g/mol. The first-order valence-electron chi connectivity index (χ1n) is 7.06. The number of carbonyl (C=O) groups excluding carboxylic acids is 1. The van der Waals surface area contributed by atoms with Gasteiger partial charge >= 0.3 is 0 Å². The van der Waals surface area contributed by atoms with Crippen molar-refractivity contribution in [3.05, 3.63) is 11.8 Å².